The van der Waals surface area contributed by atoms with Gasteiger partial charge in [0.25, 0.3) is 0 Å². The summed E-state index contributed by atoms with van der Waals surface area (Å²) in [6, 6.07) is 12.3. The van der Waals surface area contributed by atoms with Gasteiger partial charge in [0.1, 0.15) is 5.82 Å². The van der Waals surface area contributed by atoms with E-state index in [4.69, 9.17) is 19.6 Å². The fourth-order valence-electron chi connectivity index (χ4n) is 1.78. The minimum absolute atomic E-state index is 0.0451. The second-order valence-electron chi connectivity index (χ2n) is 4.49. The van der Waals surface area contributed by atoms with Crippen LogP contribution in [0, 0.1) is 0 Å². The van der Waals surface area contributed by atoms with Gasteiger partial charge in [-0.15, -0.1) is 0 Å². The molecule has 118 valence electrons. The summed E-state index contributed by atoms with van der Waals surface area (Å²) in [6.07, 6.45) is 1.44. The largest absolute Gasteiger partial charge is 0.360 e. The van der Waals surface area contributed by atoms with Crippen LogP contribution >= 0.6 is 15.2 Å². The highest BCUT2D eigenvalue weighted by Crippen LogP contribution is 2.59. The van der Waals surface area contributed by atoms with Gasteiger partial charge in [-0.2, -0.15) is 0 Å². The maximum Gasteiger partial charge on any atom is 0.360 e. The van der Waals surface area contributed by atoms with Crippen molar-refractivity contribution in [3.63, 3.8) is 0 Å². The number of hydrogen-bond donors (Lipinski definition) is 5. The minimum Gasteiger partial charge on any atom is -0.346 e. The van der Waals surface area contributed by atoms with E-state index in [-0.39, 0.29) is 5.82 Å². The Labute approximate surface area is 126 Å². The van der Waals surface area contributed by atoms with Crippen LogP contribution in [-0.2, 0) is 9.13 Å². The van der Waals surface area contributed by atoms with Crippen molar-refractivity contribution in [1.82, 2.24) is 4.98 Å². The zero-order valence-electron chi connectivity index (χ0n) is 11.1. The molecule has 1 heterocycles. The lowest BCUT2D eigenvalue weighted by Gasteiger charge is -2.21. The van der Waals surface area contributed by atoms with Gasteiger partial charge in [-0.3, -0.25) is 9.13 Å². The molecule has 0 amide bonds. The lowest BCUT2D eigenvalue weighted by molar-refractivity contribution is 0.343. The van der Waals surface area contributed by atoms with E-state index in [1.54, 1.807) is 6.07 Å². The van der Waals surface area contributed by atoms with E-state index in [0.29, 0.717) is 0 Å². The fraction of sp³-hybridized carbons (Fsp3) is 0.0833. The molecule has 10 heteroatoms. The first-order valence-electron chi connectivity index (χ1n) is 6.06. The Balaban J connectivity index is 2.24. The van der Waals surface area contributed by atoms with Crippen molar-refractivity contribution < 1.29 is 28.7 Å². The fourth-order valence-corrected chi connectivity index (χ4v) is 3.95. The van der Waals surface area contributed by atoms with E-state index >= 15 is 0 Å². The molecular weight excluding hydrogens is 330 g/mol. The van der Waals surface area contributed by atoms with Crippen molar-refractivity contribution in [2.45, 2.75) is 5.52 Å². The van der Waals surface area contributed by atoms with E-state index < -0.39 is 20.7 Å². The highest BCUT2D eigenvalue weighted by Gasteiger charge is 2.43. The molecule has 1 aromatic heterocycles. The van der Waals surface area contributed by atoms with Gasteiger partial charge in [0.2, 0.25) is 5.52 Å². The quantitative estimate of drug-likeness (QED) is 0.517. The van der Waals surface area contributed by atoms with E-state index in [1.807, 2.05) is 30.3 Å². The van der Waals surface area contributed by atoms with Gasteiger partial charge < -0.3 is 24.9 Å². The van der Waals surface area contributed by atoms with Gasteiger partial charge in [0.15, 0.2) is 0 Å². The summed E-state index contributed by atoms with van der Waals surface area (Å²) >= 11 is 0. The smallest absolute Gasteiger partial charge is 0.346 e. The third-order valence-corrected chi connectivity index (χ3v) is 6.12. The van der Waals surface area contributed by atoms with Crippen LogP contribution in [0.25, 0.3) is 11.1 Å². The summed E-state index contributed by atoms with van der Waals surface area (Å²) in [6.45, 7) is 0. The SMILES string of the molecule is O=P(O)(O)C(Nc1ccc(-c2ccccc2)cn1)P(=O)(O)O. The third-order valence-electron chi connectivity index (χ3n) is 2.78. The molecule has 0 radical (unpaired) electrons. The lowest BCUT2D eigenvalue weighted by atomic mass is 10.1. The third kappa shape index (κ3) is 4.24. The van der Waals surface area contributed by atoms with Gasteiger partial charge >= 0.3 is 15.2 Å². The molecule has 0 aliphatic carbocycles. The molecular formula is C12H14N2O6P2. The van der Waals surface area contributed by atoms with Gasteiger partial charge in [0.05, 0.1) is 0 Å². The zero-order chi connectivity index (χ0) is 16.4. The number of nitrogens with one attached hydrogen (secondary N) is 1. The Morgan fingerprint density at radius 2 is 1.45 bits per heavy atom. The number of hydrogen-bond acceptors (Lipinski definition) is 4. The molecule has 0 spiro atoms. The van der Waals surface area contributed by atoms with Crippen molar-refractivity contribution in [2.75, 3.05) is 5.32 Å². The van der Waals surface area contributed by atoms with Crippen molar-refractivity contribution in [2.24, 2.45) is 0 Å². The predicted molar refractivity (Wildman–Crippen MR) is 81.2 cm³/mol. The number of pyridine rings is 1. The highest BCUT2D eigenvalue weighted by molar-refractivity contribution is 7.71. The first-order chi connectivity index (χ1) is 10.2. The number of anilines is 1. The van der Waals surface area contributed by atoms with Crippen LogP contribution in [0.1, 0.15) is 0 Å². The molecule has 0 saturated carbocycles. The van der Waals surface area contributed by atoms with Gasteiger partial charge in [-0.05, 0) is 17.7 Å². The summed E-state index contributed by atoms with van der Waals surface area (Å²) in [5.74, 6) is -0.0451. The van der Waals surface area contributed by atoms with Crippen LogP contribution in [0.15, 0.2) is 48.7 Å². The molecule has 0 fully saturated rings. The Hall–Kier alpha value is -1.53. The predicted octanol–water partition coefficient (Wildman–Crippen LogP) is 1.80. The summed E-state index contributed by atoms with van der Waals surface area (Å²) in [7, 11) is -10.1. The molecule has 0 atom stereocenters. The van der Waals surface area contributed by atoms with Crippen LogP contribution in [0.2, 0.25) is 0 Å². The Bertz CT molecular complexity index is 703. The average molecular weight is 344 g/mol. The molecule has 5 N–H and O–H groups in total. The molecule has 0 saturated heterocycles. The van der Waals surface area contributed by atoms with E-state index in [9.17, 15) is 9.13 Å². The van der Waals surface area contributed by atoms with Gasteiger partial charge in [0, 0.05) is 11.8 Å². The van der Waals surface area contributed by atoms with Crippen molar-refractivity contribution >= 4 is 21.0 Å². The Morgan fingerprint density at radius 3 is 1.91 bits per heavy atom. The second kappa shape index (κ2) is 6.30. The second-order valence-corrected chi connectivity index (χ2v) is 8.29. The topological polar surface area (TPSA) is 140 Å². The molecule has 22 heavy (non-hydrogen) atoms. The number of nitrogens with zero attached hydrogens (tertiary/aromatic N) is 1. The molecule has 0 bridgehead atoms. The molecule has 1 aromatic carbocycles. The summed E-state index contributed by atoms with van der Waals surface area (Å²) in [4.78, 5) is 40.1. The number of aromatic nitrogens is 1. The van der Waals surface area contributed by atoms with Crippen LogP contribution in [0.5, 0.6) is 0 Å². The molecule has 2 rings (SSSR count). The molecule has 2 aromatic rings. The van der Waals surface area contributed by atoms with Crippen molar-refractivity contribution in [1.29, 1.82) is 0 Å². The van der Waals surface area contributed by atoms with Crippen LogP contribution in [-0.4, -0.2) is 30.1 Å². The number of rotatable bonds is 5. The normalized spacial score (nSPS) is 12.4. The summed E-state index contributed by atoms with van der Waals surface area (Å²) in [5, 5.41) is 2.10. The zero-order valence-corrected chi connectivity index (χ0v) is 12.9. The standard InChI is InChI=1S/C12H14N2O6P2/c15-21(16,17)12(22(18,19)20)14-11-7-6-10(8-13-11)9-4-2-1-3-5-9/h1-8,12H,(H,13,14)(H2,15,16,17)(H2,18,19,20). The van der Waals surface area contributed by atoms with E-state index in [0.717, 1.165) is 11.1 Å². The van der Waals surface area contributed by atoms with Gasteiger partial charge in [-0.25, -0.2) is 4.98 Å². The molecule has 0 aliphatic heterocycles. The van der Waals surface area contributed by atoms with Gasteiger partial charge in [-0.1, -0.05) is 30.3 Å². The Kier molecular flexibility index (Phi) is 4.82. The first kappa shape index (κ1) is 16.8. The number of benzene rings is 1. The maximum absolute atomic E-state index is 11.2. The molecule has 0 aliphatic rings. The average Bonchev–Trinajstić information content (AvgIpc) is 2.44. The van der Waals surface area contributed by atoms with Crippen molar-refractivity contribution in [3.05, 3.63) is 48.7 Å². The maximum atomic E-state index is 11.2. The van der Waals surface area contributed by atoms with Crippen LogP contribution < -0.4 is 5.32 Å². The van der Waals surface area contributed by atoms with Crippen LogP contribution in [0.3, 0.4) is 0 Å². The van der Waals surface area contributed by atoms with Crippen LogP contribution in [0.4, 0.5) is 5.82 Å². The minimum atomic E-state index is -5.05. The lowest BCUT2D eigenvalue weighted by Crippen LogP contribution is -2.20. The summed E-state index contributed by atoms with van der Waals surface area (Å²) < 4.78 is 22.4. The van der Waals surface area contributed by atoms with E-state index in [1.165, 1.54) is 12.3 Å². The molecule has 0 unspecified atom stereocenters. The Morgan fingerprint density at radius 1 is 0.864 bits per heavy atom. The molecule has 8 nitrogen and oxygen atoms in total. The first-order valence-corrected chi connectivity index (χ1v) is 9.43. The van der Waals surface area contributed by atoms with E-state index in [2.05, 4.69) is 10.3 Å². The summed E-state index contributed by atoms with van der Waals surface area (Å²) in [5.41, 5.74) is -0.673. The van der Waals surface area contributed by atoms with Crippen molar-refractivity contribution in [3.8, 4) is 11.1 Å². The highest BCUT2D eigenvalue weighted by atomic mass is 31.2. The monoisotopic (exact) mass is 344 g/mol.